The zero-order chi connectivity index (χ0) is 20.5. The molecule has 150 valence electrons. The Bertz CT molecular complexity index is 946. The number of carbonyl (C=O) groups is 1. The summed E-state index contributed by atoms with van der Waals surface area (Å²) in [4.78, 5) is 12.9. The molecule has 1 amide bonds. The van der Waals surface area contributed by atoms with Crippen molar-refractivity contribution in [1.29, 1.82) is 0 Å². The molecule has 1 aromatic heterocycles. The van der Waals surface area contributed by atoms with Gasteiger partial charge in [-0.1, -0.05) is 36.4 Å². The maximum atomic E-state index is 12.9. The summed E-state index contributed by atoms with van der Waals surface area (Å²) in [5, 5.41) is 2.99. The highest BCUT2D eigenvalue weighted by atomic mass is 16.5. The van der Waals surface area contributed by atoms with Gasteiger partial charge in [0.05, 0.1) is 25.1 Å². The molecule has 3 aromatic rings. The highest BCUT2D eigenvalue weighted by Gasteiger charge is 2.13. The first-order chi connectivity index (χ1) is 14.2. The second-order valence-corrected chi connectivity index (χ2v) is 6.27. The van der Waals surface area contributed by atoms with Gasteiger partial charge in [-0.3, -0.25) is 4.79 Å². The third-order valence-electron chi connectivity index (χ3n) is 4.22. The molecule has 29 heavy (non-hydrogen) atoms. The Morgan fingerprint density at radius 3 is 2.41 bits per heavy atom. The van der Waals surface area contributed by atoms with Gasteiger partial charge in [-0.25, -0.2) is 0 Å². The maximum absolute atomic E-state index is 12.9. The first kappa shape index (κ1) is 20.3. The van der Waals surface area contributed by atoms with Crippen LogP contribution in [-0.2, 0) is 11.3 Å². The fraction of sp³-hybridized carbons (Fsp3) is 0.208. The van der Waals surface area contributed by atoms with Crippen molar-refractivity contribution in [2.24, 2.45) is 0 Å². The summed E-state index contributed by atoms with van der Waals surface area (Å²) in [7, 11) is 0. The maximum Gasteiger partial charge on any atom is 0.252 e. The molecule has 5 heteroatoms. The van der Waals surface area contributed by atoms with E-state index in [4.69, 9.17) is 13.9 Å². The fourth-order valence-electron chi connectivity index (χ4n) is 2.90. The van der Waals surface area contributed by atoms with Crippen LogP contribution in [0, 0.1) is 0 Å². The molecule has 0 aliphatic heterocycles. The van der Waals surface area contributed by atoms with Crippen molar-refractivity contribution >= 4 is 17.6 Å². The molecule has 0 saturated heterocycles. The smallest absolute Gasteiger partial charge is 0.252 e. The largest absolute Gasteiger partial charge is 0.490 e. The number of benzene rings is 2. The molecule has 3 rings (SSSR count). The normalized spacial score (nSPS) is 11.2. The van der Waals surface area contributed by atoms with E-state index in [2.05, 4.69) is 5.32 Å². The predicted octanol–water partition coefficient (Wildman–Crippen LogP) is 4.93. The Hall–Kier alpha value is -3.47. The Morgan fingerprint density at radius 2 is 1.72 bits per heavy atom. The van der Waals surface area contributed by atoms with Gasteiger partial charge in [-0.05, 0) is 55.3 Å². The molecule has 5 nitrogen and oxygen atoms in total. The topological polar surface area (TPSA) is 60.7 Å². The molecule has 0 unspecified atom stereocenters. The average molecular weight is 391 g/mol. The third kappa shape index (κ3) is 5.51. The van der Waals surface area contributed by atoms with Crippen LogP contribution < -0.4 is 14.8 Å². The summed E-state index contributed by atoms with van der Waals surface area (Å²) in [5.74, 6) is 1.82. The van der Waals surface area contributed by atoms with Crippen LogP contribution in [0.25, 0.3) is 11.6 Å². The van der Waals surface area contributed by atoms with E-state index in [1.807, 2.05) is 68.4 Å². The van der Waals surface area contributed by atoms with Crippen molar-refractivity contribution in [3.05, 3.63) is 83.8 Å². The van der Waals surface area contributed by atoms with Gasteiger partial charge >= 0.3 is 0 Å². The molecule has 0 aliphatic carbocycles. The lowest BCUT2D eigenvalue weighted by Gasteiger charge is -2.13. The highest BCUT2D eigenvalue weighted by molar-refractivity contribution is 6.24. The molecule has 2 aromatic carbocycles. The van der Waals surface area contributed by atoms with Gasteiger partial charge in [0, 0.05) is 6.54 Å². The minimum absolute atomic E-state index is 0.181. The van der Waals surface area contributed by atoms with Crippen LogP contribution in [0.5, 0.6) is 11.5 Å². The molecule has 0 radical (unpaired) electrons. The molecule has 0 fully saturated rings. The lowest BCUT2D eigenvalue weighted by molar-refractivity contribution is -0.115. The third-order valence-corrected chi connectivity index (χ3v) is 4.22. The number of nitrogens with one attached hydrogen (secondary N) is 1. The Labute approximate surface area is 171 Å². The molecule has 1 heterocycles. The molecule has 0 atom stereocenters. The number of carbonyl (C=O) groups excluding carboxylic acids is 1. The van der Waals surface area contributed by atoms with E-state index in [9.17, 15) is 4.79 Å². The lowest BCUT2D eigenvalue weighted by Crippen LogP contribution is -2.23. The van der Waals surface area contributed by atoms with Gasteiger partial charge in [-0.2, -0.15) is 0 Å². The van der Waals surface area contributed by atoms with Gasteiger partial charge in [0.15, 0.2) is 11.5 Å². The SMILES string of the molecule is CCOc1ccc(CNC(=O)/C(=C/c2ccco2)c2ccccc2)cc1OCC. The zero-order valence-corrected chi connectivity index (χ0v) is 16.7. The van der Waals surface area contributed by atoms with Crippen molar-refractivity contribution in [3.8, 4) is 11.5 Å². The number of hydrogen-bond donors (Lipinski definition) is 1. The van der Waals surface area contributed by atoms with Crippen molar-refractivity contribution in [3.63, 3.8) is 0 Å². The second kappa shape index (κ2) is 10.2. The summed E-state index contributed by atoms with van der Waals surface area (Å²) in [6.07, 6.45) is 3.33. The van der Waals surface area contributed by atoms with E-state index < -0.39 is 0 Å². The fourth-order valence-corrected chi connectivity index (χ4v) is 2.90. The lowest BCUT2D eigenvalue weighted by atomic mass is 10.0. The monoisotopic (exact) mass is 391 g/mol. The van der Waals surface area contributed by atoms with Crippen LogP contribution in [0.1, 0.15) is 30.7 Å². The Balaban J connectivity index is 1.78. The van der Waals surface area contributed by atoms with E-state index in [0.29, 0.717) is 42.6 Å². The Kier molecular flexibility index (Phi) is 7.11. The van der Waals surface area contributed by atoms with Crippen LogP contribution in [0.2, 0.25) is 0 Å². The summed E-state index contributed by atoms with van der Waals surface area (Å²) in [6.45, 7) is 5.33. The van der Waals surface area contributed by atoms with Gasteiger partial charge in [0.2, 0.25) is 0 Å². The van der Waals surface area contributed by atoms with Crippen molar-refractivity contribution in [2.75, 3.05) is 13.2 Å². The second-order valence-electron chi connectivity index (χ2n) is 6.27. The molecular formula is C24H25NO4. The van der Waals surface area contributed by atoms with E-state index in [1.54, 1.807) is 18.4 Å². The van der Waals surface area contributed by atoms with E-state index in [-0.39, 0.29) is 5.91 Å². The van der Waals surface area contributed by atoms with Crippen LogP contribution in [0.4, 0.5) is 0 Å². The standard InChI is InChI=1S/C24H25NO4/c1-3-27-22-13-12-18(15-23(22)28-4-2)17-25-24(26)21(16-20-11-8-14-29-20)19-9-6-5-7-10-19/h5-16H,3-4,17H2,1-2H3,(H,25,26)/b21-16+. The number of amides is 1. The van der Waals surface area contributed by atoms with Crippen LogP contribution in [0.15, 0.2) is 71.3 Å². The molecule has 0 aliphatic rings. The summed E-state index contributed by atoms with van der Waals surface area (Å²) < 4.78 is 16.6. The summed E-state index contributed by atoms with van der Waals surface area (Å²) >= 11 is 0. The van der Waals surface area contributed by atoms with Crippen LogP contribution in [-0.4, -0.2) is 19.1 Å². The summed E-state index contributed by atoms with van der Waals surface area (Å²) in [5.41, 5.74) is 2.29. The average Bonchev–Trinajstić information content (AvgIpc) is 3.26. The van der Waals surface area contributed by atoms with Crippen LogP contribution >= 0.6 is 0 Å². The Morgan fingerprint density at radius 1 is 0.966 bits per heavy atom. The number of ether oxygens (including phenoxy) is 2. The molecule has 0 bridgehead atoms. The van der Waals surface area contributed by atoms with Gasteiger partial charge < -0.3 is 19.2 Å². The van der Waals surface area contributed by atoms with Crippen molar-refractivity contribution < 1.29 is 18.7 Å². The number of rotatable bonds is 9. The van der Waals surface area contributed by atoms with E-state index >= 15 is 0 Å². The quantitative estimate of drug-likeness (QED) is 0.525. The van der Waals surface area contributed by atoms with Crippen molar-refractivity contribution in [2.45, 2.75) is 20.4 Å². The van der Waals surface area contributed by atoms with Gasteiger partial charge in [0.1, 0.15) is 5.76 Å². The number of furan rings is 1. The van der Waals surface area contributed by atoms with Gasteiger partial charge in [-0.15, -0.1) is 0 Å². The van der Waals surface area contributed by atoms with Crippen molar-refractivity contribution in [1.82, 2.24) is 5.32 Å². The van der Waals surface area contributed by atoms with Gasteiger partial charge in [0.25, 0.3) is 5.91 Å². The van der Waals surface area contributed by atoms with E-state index in [1.165, 1.54) is 0 Å². The highest BCUT2D eigenvalue weighted by Crippen LogP contribution is 2.28. The van der Waals surface area contributed by atoms with E-state index in [0.717, 1.165) is 11.1 Å². The minimum atomic E-state index is -0.181. The molecule has 0 saturated carbocycles. The first-order valence-corrected chi connectivity index (χ1v) is 9.68. The first-order valence-electron chi connectivity index (χ1n) is 9.68. The molecule has 0 spiro atoms. The summed E-state index contributed by atoms with van der Waals surface area (Å²) in [6, 6.07) is 18.8. The molecular weight excluding hydrogens is 366 g/mol. The number of hydrogen-bond acceptors (Lipinski definition) is 4. The zero-order valence-electron chi connectivity index (χ0n) is 16.7. The molecule has 1 N–H and O–H groups in total. The van der Waals surface area contributed by atoms with Crippen LogP contribution in [0.3, 0.4) is 0 Å². The predicted molar refractivity (Wildman–Crippen MR) is 114 cm³/mol. The minimum Gasteiger partial charge on any atom is -0.490 e.